The summed E-state index contributed by atoms with van der Waals surface area (Å²) in [7, 11) is 0. The van der Waals surface area contributed by atoms with Crippen molar-refractivity contribution < 1.29 is 14.1 Å². The Bertz CT molecular complexity index is 536. The number of hydrogen-bond acceptors (Lipinski definition) is 4. The molecule has 0 saturated carbocycles. The molecule has 1 aromatic heterocycles. The van der Waals surface area contributed by atoms with Gasteiger partial charge in [-0.1, -0.05) is 17.3 Å². The van der Waals surface area contributed by atoms with Gasteiger partial charge in [0.2, 0.25) is 5.91 Å². The van der Waals surface area contributed by atoms with Crippen molar-refractivity contribution in [3.05, 3.63) is 30.0 Å². The third kappa shape index (κ3) is 3.79. The summed E-state index contributed by atoms with van der Waals surface area (Å²) in [5.41, 5.74) is 1.39. The first-order valence-corrected chi connectivity index (χ1v) is 6.49. The van der Waals surface area contributed by atoms with Crippen molar-refractivity contribution >= 4 is 16.9 Å². The second-order valence-corrected chi connectivity index (χ2v) is 4.20. The molecule has 0 aliphatic rings. The van der Waals surface area contributed by atoms with Gasteiger partial charge in [-0.15, -0.1) is 0 Å². The number of carbonyl (C=O) groups is 1. The van der Waals surface area contributed by atoms with Crippen molar-refractivity contribution in [2.75, 3.05) is 19.8 Å². The summed E-state index contributed by atoms with van der Waals surface area (Å²) in [6.45, 7) is 3.95. The van der Waals surface area contributed by atoms with Crippen LogP contribution in [0.15, 0.2) is 28.8 Å². The number of nitrogens with one attached hydrogen (secondary N) is 1. The number of rotatable bonds is 7. The van der Waals surface area contributed by atoms with Crippen LogP contribution >= 0.6 is 0 Å². The summed E-state index contributed by atoms with van der Waals surface area (Å²) in [6.07, 6.45) is 1.06. The maximum atomic E-state index is 11.8. The molecule has 102 valence electrons. The highest BCUT2D eigenvalue weighted by Crippen LogP contribution is 2.17. The van der Waals surface area contributed by atoms with E-state index in [1.165, 1.54) is 0 Å². The molecule has 1 N–H and O–H groups in total. The van der Waals surface area contributed by atoms with Crippen LogP contribution in [0.2, 0.25) is 0 Å². The lowest BCUT2D eigenvalue weighted by molar-refractivity contribution is -0.120. The molecule has 0 aliphatic carbocycles. The fraction of sp³-hybridized carbons (Fsp3) is 0.429. The van der Waals surface area contributed by atoms with Gasteiger partial charge in [0.15, 0.2) is 5.58 Å². The number of carbonyl (C=O) groups excluding carboxylic acids is 1. The first-order chi connectivity index (χ1) is 9.31. The van der Waals surface area contributed by atoms with Crippen molar-refractivity contribution in [2.24, 2.45) is 0 Å². The second-order valence-electron chi connectivity index (χ2n) is 4.20. The summed E-state index contributed by atoms with van der Waals surface area (Å²) in [5.74, 6) is -0.0458. The molecule has 0 spiro atoms. The van der Waals surface area contributed by atoms with Gasteiger partial charge in [0.1, 0.15) is 5.69 Å². The number of amides is 1. The van der Waals surface area contributed by atoms with Gasteiger partial charge in [-0.25, -0.2) is 0 Å². The lowest BCUT2D eigenvalue weighted by Crippen LogP contribution is -2.27. The van der Waals surface area contributed by atoms with Crippen molar-refractivity contribution in [3.8, 4) is 0 Å². The van der Waals surface area contributed by atoms with E-state index in [2.05, 4.69) is 10.5 Å². The molecule has 19 heavy (non-hydrogen) atoms. The van der Waals surface area contributed by atoms with Crippen molar-refractivity contribution in [2.45, 2.75) is 19.8 Å². The zero-order valence-corrected chi connectivity index (χ0v) is 11.0. The first-order valence-electron chi connectivity index (χ1n) is 6.49. The Morgan fingerprint density at radius 3 is 3.11 bits per heavy atom. The van der Waals surface area contributed by atoms with Gasteiger partial charge in [0.05, 0.1) is 6.42 Å². The van der Waals surface area contributed by atoms with Crippen LogP contribution in [0.5, 0.6) is 0 Å². The highest BCUT2D eigenvalue weighted by Gasteiger charge is 2.11. The third-order valence-corrected chi connectivity index (χ3v) is 2.77. The lowest BCUT2D eigenvalue weighted by Gasteiger charge is -2.04. The van der Waals surface area contributed by atoms with E-state index in [-0.39, 0.29) is 12.3 Å². The molecule has 2 aromatic rings. The van der Waals surface area contributed by atoms with Gasteiger partial charge in [0.25, 0.3) is 0 Å². The smallest absolute Gasteiger partial charge is 0.226 e. The Balaban J connectivity index is 1.82. The molecule has 5 heteroatoms. The number of aromatic nitrogens is 1. The van der Waals surface area contributed by atoms with Crippen LogP contribution < -0.4 is 5.32 Å². The van der Waals surface area contributed by atoms with Crippen molar-refractivity contribution in [3.63, 3.8) is 0 Å². The number of hydrogen-bond donors (Lipinski definition) is 1. The molecule has 0 bridgehead atoms. The predicted octanol–water partition coefficient (Wildman–Crippen LogP) is 1.91. The Kier molecular flexibility index (Phi) is 4.92. The fourth-order valence-electron chi connectivity index (χ4n) is 1.83. The quantitative estimate of drug-likeness (QED) is 0.774. The number of ether oxygens (including phenoxy) is 1. The zero-order chi connectivity index (χ0) is 13.5. The van der Waals surface area contributed by atoms with Gasteiger partial charge in [0, 0.05) is 25.1 Å². The van der Waals surface area contributed by atoms with Gasteiger partial charge >= 0.3 is 0 Å². The monoisotopic (exact) mass is 262 g/mol. The van der Waals surface area contributed by atoms with E-state index in [9.17, 15) is 4.79 Å². The summed E-state index contributed by atoms with van der Waals surface area (Å²) in [5, 5.41) is 7.67. The summed E-state index contributed by atoms with van der Waals surface area (Å²) >= 11 is 0. The van der Waals surface area contributed by atoms with Gasteiger partial charge in [-0.3, -0.25) is 4.79 Å². The van der Waals surface area contributed by atoms with Crippen LogP contribution in [0.1, 0.15) is 19.0 Å². The standard InChI is InChI=1S/C14H18N2O3/c1-2-18-9-5-8-15-14(17)10-12-11-6-3-4-7-13(11)19-16-12/h3-4,6-7H,2,5,8-10H2,1H3,(H,15,17). The molecule has 0 atom stereocenters. The number of benzene rings is 1. The lowest BCUT2D eigenvalue weighted by atomic mass is 10.1. The Labute approximate surface area is 111 Å². The van der Waals surface area contributed by atoms with E-state index in [0.717, 1.165) is 11.8 Å². The SMILES string of the molecule is CCOCCCNC(=O)Cc1noc2ccccc12. The molecule has 1 amide bonds. The van der Waals surface area contributed by atoms with Gasteiger partial charge < -0.3 is 14.6 Å². The van der Waals surface area contributed by atoms with Crippen molar-refractivity contribution in [1.29, 1.82) is 0 Å². The van der Waals surface area contributed by atoms with Crippen LogP contribution in [-0.4, -0.2) is 30.8 Å². The van der Waals surface area contributed by atoms with E-state index in [1.54, 1.807) is 0 Å². The molecule has 5 nitrogen and oxygen atoms in total. The predicted molar refractivity (Wildman–Crippen MR) is 71.8 cm³/mol. The minimum atomic E-state index is -0.0458. The van der Waals surface area contributed by atoms with Gasteiger partial charge in [-0.2, -0.15) is 0 Å². The fourth-order valence-corrected chi connectivity index (χ4v) is 1.83. The number of para-hydroxylation sites is 1. The van der Waals surface area contributed by atoms with Gasteiger partial charge in [-0.05, 0) is 25.5 Å². The minimum Gasteiger partial charge on any atom is -0.382 e. The Morgan fingerprint density at radius 2 is 2.26 bits per heavy atom. The number of fused-ring (bicyclic) bond motifs is 1. The number of nitrogens with zero attached hydrogens (tertiary/aromatic N) is 1. The third-order valence-electron chi connectivity index (χ3n) is 2.77. The van der Waals surface area contributed by atoms with E-state index in [0.29, 0.717) is 31.0 Å². The summed E-state index contributed by atoms with van der Waals surface area (Å²) < 4.78 is 10.4. The minimum absolute atomic E-state index is 0.0458. The second kappa shape index (κ2) is 6.89. The maximum absolute atomic E-state index is 11.8. The molecular formula is C14H18N2O3. The normalized spacial score (nSPS) is 10.8. The van der Waals surface area contributed by atoms with Crippen molar-refractivity contribution in [1.82, 2.24) is 10.5 Å². The van der Waals surface area contributed by atoms with Crippen LogP contribution in [0, 0.1) is 0 Å². The Morgan fingerprint density at radius 1 is 1.42 bits per heavy atom. The first kappa shape index (κ1) is 13.5. The molecule has 0 aliphatic heterocycles. The zero-order valence-electron chi connectivity index (χ0n) is 11.0. The average Bonchev–Trinajstić information content (AvgIpc) is 2.82. The summed E-state index contributed by atoms with van der Waals surface area (Å²) in [6, 6.07) is 7.53. The highest BCUT2D eigenvalue weighted by molar-refractivity contribution is 5.86. The van der Waals surface area contributed by atoms with E-state index in [1.807, 2.05) is 31.2 Å². The molecule has 0 radical (unpaired) electrons. The molecule has 0 unspecified atom stereocenters. The van der Waals surface area contributed by atoms with E-state index >= 15 is 0 Å². The summed E-state index contributed by atoms with van der Waals surface area (Å²) in [4.78, 5) is 11.8. The molecule has 0 saturated heterocycles. The van der Waals surface area contributed by atoms with Crippen LogP contribution in [0.4, 0.5) is 0 Å². The Hall–Kier alpha value is -1.88. The molecule has 0 fully saturated rings. The van der Waals surface area contributed by atoms with E-state index < -0.39 is 0 Å². The molecule has 2 rings (SSSR count). The van der Waals surface area contributed by atoms with Crippen LogP contribution in [0.25, 0.3) is 11.0 Å². The molecular weight excluding hydrogens is 244 g/mol. The largest absolute Gasteiger partial charge is 0.382 e. The average molecular weight is 262 g/mol. The van der Waals surface area contributed by atoms with Crippen LogP contribution in [0.3, 0.4) is 0 Å². The molecule has 1 heterocycles. The maximum Gasteiger partial charge on any atom is 0.226 e. The topological polar surface area (TPSA) is 64.4 Å². The van der Waals surface area contributed by atoms with E-state index in [4.69, 9.17) is 9.26 Å². The highest BCUT2D eigenvalue weighted by atomic mass is 16.5. The molecule has 1 aromatic carbocycles. The van der Waals surface area contributed by atoms with Crippen LogP contribution in [-0.2, 0) is 16.0 Å².